The van der Waals surface area contributed by atoms with Crippen molar-refractivity contribution in [1.29, 1.82) is 0 Å². The van der Waals surface area contributed by atoms with E-state index in [4.69, 9.17) is 11.5 Å². The van der Waals surface area contributed by atoms with Gasteiger partial charge in [0.1, 0.15) is 6.10 Å². The van der Waals surface area contributed by atoms with E-state index in [1.54, 1.807) is 6.92 Å². The highest BCUT2D eigenvalue weighted by Crippen LogP contribution is 2.25. The van der Waals surface area contributed by atoms with Gasteiger partial charge in [-0.25, -0.2) is 0 Å². The maximum Gasteiger partial charge on any atom is 0.151 e. The van der Waals surface area contributed by atoms with Crippen LogP contribution in [-0.2, 0) is 0 Å². The number of hydrogen-bond acceptors (Lipinski definition) is 5. The van der Waals surface area contributed by atoms with Gasteiger partial charge in [-0.15, -0.1) is 0 Å². The SMILES string of the molecule is Cc1[nH]nc(N)c1C(O)C(O)CCN. The number of aliphatic hydroxyl groups excluding tert-OH is 2. The molecule has 0 saturated carbocycles. The third-order valence-corrected chi connectivity index (χ3v) is 2.15. The molecule has 0 aliphatic carbocycles. The molecule has 14 heavy (non-hydrogen) atoms. The van der Waals surface area contributed by atoms with Gasteiger partial charge in [-0.2, -0.15) is 5.10 Å². The third-order valence-electron chi connectivity index (χ3n) is 2.15. The third kappa shape index (κ3) is 2.03. The topological polar surface area (TPSA) is 121 Å². The number of aryl methyl sites for hydroxylation is 1. The minimum absolute atomic E-state index is 0.214. The van der Waals surface area contributed by atoms with Crippen molar-refractivity contribution in [1.82, 2.24) is 10.2 Å². The predicted octanol–water partition coefficient (Wildman–Crippen LogP) is -0.957. The number of nitrogen functional groups attached to an aromatic ring is 1. The van der Waals surface area contributed by atoms with Gasteiger partial charge in [-0.1, -0.05) is 0 Å². The van der Waals surface area contributed by atoms with Crippen LogP contribution in [0.1, 0.15) is 23.8 Å². The summed E-state index contributed by atoms with van der Waals surface area (Å²) in [6, 6.07) is 0. The average Bonchev–Trinajstić information content (AvgIpc) is 2.46. The Morgan fingerprint density at radius 2 is 2.14 bits per heavy atom. The first kappa shape index (κ1) is 11.0. The highest BCUT2D eigenvalue weighted by molar-refractivity contribution is 5.43. The van der Waals surface area contributed by atoms with Crippen molar-refractivity contribution in [3.05, 3.63) is 11.3 Å². The number of nitrogens with two attached hydrogens (primary N) is 2. The van der Waals surface area contributed by atoms with E-state index in [0.717, 1.165) is 0 Å². The van der Waals surface area contributed by atoms with Gasteiger partial charge in [0.05, 0.1) is 6.10 Å². The molecule has 0 aromatic carbocycles. The Kier molecular flexibility index (Phi) is 3.45. The number of aromatic nitrogens is 2. The molecule has 0 bridgehead atoms. The van der Waals surface area contributed by atoms with E-state index in [0.29, 0.717) is 24.2 Å². The van der Waals surface area contributed by atoms with E-state index < -0.39 is 12.2 Å². The van der Waals surface area contributed by atoms with Gasteiger partial charge in [-0.3, -0.25) is 5.10 Å². The number of aromatic amines is 1. The molecule has 1 heterocycles. The minimum Gasteiger partial charge on any atom is -0.390 e. The first-order valence-corrected chi connectivity index (χ1v) is 4.44. The maximum atomic E-state index is 9.73. The normalized spacial score (nSPS) is 15.4. The van der Waals surface area contributed by atoms with Crippen molar-refractivity contribution < 1.29 is 10.2 Å². The van der Waals surface area contributed by atoms with Crippen LogP contribution in [0.25, 0.3) is 0 Å². The molecule has 1 aromatic rings. The van der Waals surface area contributed by atoms with Crippen LogP contribution in [0.5, 0.6) is 0 Å². The molecule has 7 N–H and O–H groups in total. The second-order valence-electron chi connectivity index (χ2n) is 3.24. The Morgan fingerprint density at radius 3 is 2.57 bits per heavy atom. The highest BCUT2D eigenvalue weighted by Gasteiger charge is 2.23. The summed E-state index contributed by atoms with van der Waals surface area (Å²) >= 11 is 0. The molecule has 6 nitrogen and oxygen atoms in total. The summed E-state index contributed by atoms with van der Waals surface area (Å²) in [5, 5.41) is 25.6. The summed E-state index contributed by atoms with van der Waals surface area (Å²) in [4.78, 5) is 0. The Bertz CT molecular complexity index is 280. The van der Waals surface area contributed by atoms with E-state index in [9.17, 15) is 10.2 Å². The summed E-state index contributed by atoms with van der Waals surface area (Å²) in [6.45, 7) is 2.05. The van der Waals surface area contributed by atoms with Crippen LogP contribution in [0.2, 0.25) is 0 Å². The summed E-state index contributed by atoms with van der Waals surface area (Å²) in [7, 11) is 0. The zero-order chi connectivity index (χ0) is 10.7. The summed E-state index contributed by atoms with van der Waals surface area (Å²) in [6.07, 6.45) is -1.61. The molecule has 80 valence electrons. The van der Waals surface area contributed by atoms with E-state index in [2.05, 4.69) is 10.2 Å². The van der Waals surface area contributed by atoms with Crippen molar-refractivity contribution in [2.75, 3.05) is 12.3 Å². The fourth-order valence-electron chi connectivity index (χ4n) is 1.35. The lowest BCUT2D eigenvalue weighted by Crippen LogP contribution is -2.22. The molecule has 0 spiro atoms. The molecule has 2 atom stereocenters. The van der Waals surface area contributed by atoms with Crippen LogP contribution in [0.3, 0.4) is 0 Å². The summed E-state index contributed by atoms with van der Waals surface area (Å²) in [5.41, 5.74) is 11.9. The number of H-pyrrole nitrogens is 1. The number of aliphatic hydroxyl groups is 2. The van der Waals surface area contributed by atoms with Crippen LogP contribution in [0.15, 0.2) is 0 Å². The number of rotatable bonds is 4. The average molecular weight is 200 g/mol. The zero-order valence-electron chi connectivity index (χ0n) is 8.07. The van der Waals surface area contributed by atoms with Gasteiger partial charge >= 0.3 is 0 Å². The molecular weight excluding hydrogens is 184 g/mol. The van der Waals surface area contributed by atoms with Crippen molar-refractivity contribution in [2.45, 2.75) is 25.6 Å². The number of anilines is 1. The summed E-state index contributed by atoms with van der Waals surface area (Å²) in [5.74, 6) is 0.214. The van der Waals surface area contributed by atoms with Gasteiger partial charge in [-0.05, 0) is 19.9 Å². The molecule has 0 saturated heterocycles. The van der Waals surface area contributed by atoms with Gasteiger partial charge in [0.15, 0.2) is 5.82 Å². The van der Waals surface area contributed by atoms with Crippen LogP contribution in [0.4, 0.5) is 5.82 Å². The van der Waals surface area contributed by atoms with Gasteiger partial charge in [0.25, 0.3) is 0 Å². The second-order valence-corrected chi connectivity index (χ2v) is 3.24. The van der Waals surface area contributed by atoms with Gasteiger partial charge < -0.3 is 21.7 Å². The number of nitrogens with one attached hydrogen (secondary N) is 1. The van der Waals surface area contributed by atoms with Gasteiger partial charge in [0.2, 0.25) is 0 Å². The lowest BCUT2D eigenvalue weighted by molar-refractivity contribution is 0.0151. The smallest absolute Gasteiger partial charge is 0.151 e. The Balaban J connectivity index is 2.82. The van der Waals surface area contributed by atoms with Crippen molar-refractivity contribution in [2.24, 2.45) is 5.73 Å². The van der Waals surface area contributed by atoms with Crippen molar-refractivity contribution in [3.8, 4) is 0 Å². The molecule has 6 heteroatoms. The molecule has 0 aliphatic heterocycles. The first-order chi connectivity index (χ1) is 6.57. The molecule has 0 aliphatic rings. The molecule has 1 rings (SSSR count). The van der Waals surface area contributed by atoms with Crippen LogP contribution in [0, 0.1) is 6.92 Å². The number of hydrogen-bond donors (Lipinski definition) is 5. The van der Waals surface area contributed by atoms with E-state index in [-0.39, 0.29) is 5.82 Å². The van der Waals surface area contributed by atoms with Crippen LogP contribution in [-0.4, -0.2) is 33.1 Å². The minimum atomic E-state index is -1.03. The molecule has 0 radical (unpaired) electrons. The molecule has 2 unspecified atom stereocenters. The molecule has 1 aromatic heterocycles. The zero-order valence-corrected chi connectivity index (χ0v) is 8.07. The predicted molar refractivity (Wildman–Crippen MR) is 52.4 cm³/mol. The lowest BCUT2D eigenvalue weighted by atomic mass is 10.0. The van der Waals surface area contributed by atoms with Crippen LogP contribution < -0.4 is 11.5 Å². The van der Waals surface area contributed by atoms with E-state index in [1.165, 1.54) is 0 Å². The van der Waals surface area contributed by atoms with E-state index >= 15 is 0 Å². The second kappa shape index (κ2) is 4.41. The van der Waals surface area contributed by atoms with Crippen molar-refractivity contribution >= 4 is 5.82 Å². The van der Waals surface area contributed by atoms with E-state index in [1.807, 2.05) is 0 Å². The standard InChI is InChI=1S/C8H16N4O2/c1-4-6(8(10)12-11-4)7(14)5(13)2-3-9/h5,7,13-14H,2-3,9H2,1H3,(H3,10,11,12). The fraction of sp³-hybridized carbons (Fsp3) is 0.625. The Hall–Kier alpha value is -1.11. The molecule has 0 fully saturated rings. The largest absolute Gasteiger partial charge is 0.390 e. The Labute approximate surface area is 81.9 Å². The Morgan fingerprint density at radius 1 is 1.50 bits per heavy atom. The summed E-state index contributed by atoms with van der Waals surface area (Å²) < 4.78 is 0. The molecular formula is C8H16N4O2. The van der Waals surface area contributed by atoms with Gasteiger partial charge in [0, 0.05) is 11.3 Å². The molecule has 0 amide bonds. The fourth-order valence-corrected chi connectivity index (χ4v) is 1.35. The number of nitrogens with zero attached hydrogens (tertiary/aromatic N) is 1. The first-order valence-electron chi connectivity index (χ1n) is 4.44. The van der Waals surface area contributed by atoms with Crippen LogP contribution >= 0.6 is 0 Å². The van der Waals surface area contributed by atoms with Crippen molar-refractivity contribution in [3.63, 3.8) is 0 Å². The monoisotopic (exact) mass is 200 g/mol. The highest BCUT2D eigenvalue weighted by atomic mass is 16.3. The maximum absolute atomic E-state index is 9.73. The quantitative estimate of drug-likeness (QED) is 0.428. The lowest BCUT2D eigenvalue weighted by Gasteiger charge is -2.17.